The molecule has 1 fully saturated rings. The number of benzene rings is 2. The highest BCUT2D eigenvalue weighted by Gasteiger charge is 2.31. The summed E-state index contributed by atoms with van der Waals surface area (Å²) in [6.45, 7) is 7.86. The van der Waals surface area contributed by atoms with E-state index in [1.807, 2.05) is 0 Å². The van der Waals surface area contributed by atoms with Crippen LogP contribution in [-0.2, 0) is 0 Å². The van der Waals surface area contributed by atoms with Crippen LogP contribution in [0.3, 0.4) is 0 Å². The lowest BCUT2D eigenvalue weighted by Gasteiger charge is -2.14. The van der Waals surface area contributed by atoms with E-state index in [-0.39, 0.29) is 45.4 Å². The lowest BCUT2D eigenvalue weighted by molar-refractivity contribution is 0.0786. The first-order chi connectivity index (χ1) is 15.3. The summed E-state index contributed by atoms with van der Waals surface area (Å²) in [6.07, 6.45) is 0.657. The van der Waals surface area contributed by atoms with E-state index in [0.717, 1.165) is 6.07 Å². The van der Waals surface area contributed by atoms with Gasteiger partial charge in [0.25, 0.3) is 5.91 Å². The van der Waals surface area contributed by atoms with Crippen LogP contribution in [0.1, 0.15) is 16.9 Å². The number of rotatable bonds is 4. The van der Waals surface area contributed by atoms with E-state index in [0.29, 0.717) is 19.5 Å². The molecule has 0 bridgehead atoms. The summed E-state index contributed by atoms with van der Waals surface area (Å²) in [7, 11) is 1.34. The van der Waals surface area contributed by atoms with E-state index in [9.17, 15) is 13.6 Å². The Hall–Kier alpha value is -3.48. The molecule has 0 spiro atoms. The molecule has 32 heavy (non-hydrogen) atoms. The van der Waals surface area contributed by atoms with Crippen LogP contribution < -0.4 is 10.5 Å². The van der Waals surface area contributed by atoms with Gasteiger partial charge < -0.3 is 15.4 Å². The lowest BCUT2D eigenvalue weighted by atomic mass is 10.1. The quantitative estimate of drug-likeness (QED) is 0.595. The molecule has 2 heterocycles. The first-order valence-corrected chi connectivity index (χ1v) is 10.1. The van der Waals surface area contributed by atoms with Gasteiger partial charge in [0.15, 0.2) is 17.3 Å². The van der Waals surface area contributed by atoms with Gasteiger partial charge in [0.05, 0.1) is 19.4 Å². The van der Waals surface area contributed by atoms with Crippen molar-refractivity contribution in [2.24, 2.45) is 5.73 Å². The van der Waals surface area contributed by atoms with Crippen molar-refractivity contribution in [1.82, 2.24) is 14.5 Å². The molecular formula is C22H18ClF2N5O2. The summed E-state index contributed by atoms with van der Waals surface area (Å²) in [5.74, 6) is -1.66. The molecule has 4 rings (SSSR count). The number of nitrogens with zero attached hydrogens (tertiary/aromatic N) is 4. The number of imidazole rings is 1. The third-order valence-corrected chi connectivity index (χ3v) is 5.60. The highest BCUT2D eigenvalue weighted by atomic mass is 35.5. The molecule has 1 aliphatic heterocycles. The molecule has 1 atom stereocenters. The molecule has 0 saturated carbocycles. The van der Waals surface area contributed by atoms with Crippen LogP contribution in [0.15, 0.2) is 36.4 Å². The second kappa shape index (κ2) is 8.57. The maximum atomic E-state index is 14.4. The minimum Gasteiger partial charge on any atom is -0.494 e. The van der Waals surface area contributed by atoms with Crippen LogP contribution in [0.4, 0.5) is 14.5 Å². The molecule has 10 heteroatoms. The van der Waals surface area contributed by atoms with Crippen molar-refractivity contribution in [3.8, 4) is 22.8 Å². The minimum absolute atomic E-state index is 0.0290. The van der Waals surface area contributed by atoms with E-state index in [1.54, 1.807) is 11.0 Å². The first-order valence-electron chi connectivity index (χ1n) is 9.68. The zero-order valence-corrected chi connectivity index (χ0v) is 17.7. The van der Waals surface area contributed by atoms with Crippen LogP contribution in [0.2, 0.25) is 5.15 Å². The zero-order valence-electron chi connectivity index (χ0n) is 17.0. The molecule has 164 valence electrons. The molecule has 1 saturated heterocycles. The fourth-order valence-corrected chi connectivity index (χ4v) is 3.92. The average Bonchev–Trinajstić information content (AvgIpc) is 3.36. The number of ether oxygens (including phenoxy) is 1. The maximum Gasteiger partial charge on any atom is 0.275 e. The van der Waals surface area contributed by atoms with Crippen molar-refractivity contribution in [2.75, 3.05) is 20.2 Å². The largest absolute Gasteiger partial charge is 0.494 e. The topological polar surface area (TPSA) is 77.7 Å². The summed E-state index contributed by atoms with van der Waals surface area (Å²) in [6, 6.07) is 7.93. The van der Waals surface area contributed by atoms with Crippen molar-refractivity contribution in [1.29, 1.82) is 0 Å². The number of halogens is 3. The second-order valence-corrected chi connectivity index (χ2v) is 7.67. The van der Waals surface area contributed by atoms with E-state index in [2.05, 4.69) is 9.83 Å². The molecule has 2 aromatic carbocycles. The van der Waals surface area contributed by atoms with Crippen LogP contribution in [0.25, 0.3) is 21.9 Å². The average molecular weight is 458 g/mol. The monoisotopic (exact) mass is 457 g/mol. The number of hydrogen-bond acceptors (Lipinski definition) is 4. The van der Waals surface area contributed by atoms with Gasteiger partial charge in [0.1, 0.15) is 16.8 Å². The molecule has 2 N–H and O–H groups in total. The Balaban J connectivity index is 1.89. The summed E-state index contributed by atoms with van der Waals surface area (Å²) in [4.78, 5) is 22.1. The van der Waals surface area contributed by atoms with Gasteiger partial charge in [-0.2, -0.15) is 0 Å². The third kappa shape index (κ3) is 3.79. The minimum atomic E-state index is -0.748. The van der Waals surface area contributed by atoms with Gasteiger partial charge in [-0.25, -0.2) is 18.6 Å². The van der Waals surface area contributed by atoms with E-state index in [4.69, 9.17) is 28.6 Å². The fourth-order valence-electron chi connectivity index (χ4n) is 3.62. The van der Waals surface area contributed by atoms with Gasteiger partial charge in [-0.3, -0.25) is 9.36 Å². The highest BCUT2D eigenvalue weighted by molar-refractivity contribution is 6.33. The Morgan fingerprint density at radius 2 is 2.06 bits per heavy atom. The normalized spacial score (nSPS) is 15.6. The van der Waals surface area contributed by atoms with Crippen molar-refractivity contribution < 1.29 is 18.3 Å². The van der Waals surface area contributed by atoms with Crippen LogP contribution in [0, 0.1) is 18.2 Å². The van der Waals surface area contributed by atoms with E-state index >= 15 is 0 Å². The lowest BCUT2D eigenvalue weighted by Crippen LogP contribution is -2.32. The number of hydrogen-bond donors (Lipinski definition) is 1. The van der Waals surface area contributed by atoms with Gasteiger partial charge in [-0.1, -0.05) is 23.7 Å². The molecule has 0 radical (unpaired) electrons. The second-order valence-electron chi connectivity index (χ2n) is 7.31. The van der Waals surface area contributed by atoms with Crippen molar-refractivity contribution in [2.45, 2.75) is 12.5 Å². The van der Waals surface area contributed by atoms with Crippen molar-refractivity contribution in [3.05, 3.63) is 70.3 Å². The number of methoxy groups -OCH3 is 1. The number of amides is 1. The Morgan fingerprint density at radius 1 is 1.28 bits per heavy atom. The standard InChI is InChI=1S/C22H18ClF2N5O2/c1-27-17-5-3-12(9-15(17)24)21-28-19(22(31)29-8-7-13(26)11-29)20(23)30(21)14-4-6-18(32-2)16(25)10-14/h3-6,9-10,13H,7-8,11,26H2,2H3/t13-/m1/s1. The Labute approximate surface area is 187 Å². The predicted molar refractivity (Wildman–Crippen MR) is 115 cm³/mol. The van der Waals surface area contributed by atoms with E-state index < -0.39 is 17.5 Å². The van der Waals surface area contributed by atoms with Crippen molar-refractivity contribution >= 4 is 23.2 Å². The smallest absolute Gasteiger partial charge is 0.275 e. The maximum absolute atomic E-state index is 14.4. The Bertz CT molecular complexity index is 1250. The molecule has 1 aromatic heterocycles. The zero-order chi connectivity index (χ0) is 23.0. The van der Waals surface area contributed by atoms with Crippen LogP contribution >= 0.6 is 11.6 Å². The van der Waals surface area contributed by atoms with Crippen molar-refractivity contribution in [3.63, 3.8) is 0 Å². The number of likely N-dealkylation sites (tertiary alicyclic amines) is 1. The number of nitrogens with two attached hydrogens (primary N) is 1. The van der Waals surface area contributed by atoms with Gasteiger partial charge in [-0.15, -0.1) is 0 Å². The van der Waals surface area contributed by atoms with E-state index in [1.165, 1.54) is 35.9 Å². The fraction of sp³-hybridized carbons (Fsp3) is 0.227. The molecule has 3 aromatic rings. The predicted octanol–water partition coefficient (Wildman–Crippen LogP) is 4.20. The van der Waals surface area contributed by atoms with Gasteiger partial charge in [0.2, 0.25) is 5.69 Å². The summed E-state index contributed by atoms with van der Waals surface area (Å²) in [5, 5.41) is -0.0512. The molecule has 1 amide bonds. The number of aromatic nitrogens is 2. The molecule has 0 unspecified atom stereocenters. The molecule has 0 aliphatic carbocycles. The number of carbonyl (C=O) groups is 1. The van der Waals surface area contributed by atoms with Crippen LogP contribution in [-0.4, -0.2) is 46.6 Å². The molecule has 7 nitrogen and oxygen atoms in total. The highest BCUT2D eigenvalue weighted by Crippen LogP contribution is 2.34. The van der Waals surface area contributed by atoms with Gasteiger partial charge in [0, 0.05) is 30.8 Å². The third-order valence-electron chi connectivity index (χ3n) is 5.26. The SMILES string of the molecule is [C-]#[N+]c1ccc(-c2nc(C(=O)N3CC[C@@H](N)C3)c(Cl)n2-c2ccc(OC)c(F)c2)cc1F. The Morgan fingerprint density at radius 3 is 2.66 bits per heavy atom. The summed E-state index contributed by atoms with van der Waals surface area (Å²) >= 11 is 6.57. The summed E-state index contributed by atoms with van der Waals surface area (Å²) in [5.41, 5.74) is 6.24. The Kier molecular flexibility index (Phi) is 5.82. The van der Waals surface area contributed by atoms with Gasteiger partial charge >= 0.3 is 0 Å². The van der Waals surface area contributed by atoms with Gasteiger partial charge in [-0.05, 0) is 24.6 Å². The first kappa shape index (κ1) is 21.7. The van der Waals surface area contributed by atoms with Crippen LogP contribution in [0.5, 0.6) is 5.75 Å². The molecular weight excluding hydrogens is 440 g/mol. The molecule has 1 aliphatic rings. The number of carbonyl (C=O) groups excluding carboxylic acids is 1. The summed E-state index contributed by atoms with van der Waals surface area (Å²) < 4.78 is 35.1.